The molecule has 0 saturated carbocycles. The summed E-state index contributed by atoms with van der Waals surface area (Å²) >= 11 is 4.81. The van der Waals surface area contributed by atoms with Crippen LogP contribution in [-0.2, 0) is 6.54 Å². The Labute approximate surface area is 128 Å². The van der Waals surface area contributed by atoms with Gasteiger partial charge in [0.15, 0.2) is 5.16 Å². The highest BCUT2D eigenvalue weighted by Gasteiger charge is 2.14. The second-order valence-corrected chi connectivity index (χ2v) is 5.67. The van der Waals surface area contributed by atoms with Crippen molar-refractivity contribution in [1.82, 2.24) is 24.7 Å². The van der Waals surface area contributed by atoms with Crippen molar-refractivity contribution < 1.29 is 0 Å². The summed E-state index contributed by atoms with van der Waals surface area (Å²) in [7, 11) is 0. The zero-order chi connectivity index (χ0) is 14.5. The van der Waals surface area contributed by atoms with Gasteiger partial charge in [-0.05, 0) is 41.0 Å². The molecule has 20 heavy (non-hydrogen) atoms. The molecule has 0 aliphatic carbocycles. The molecule has 0 bridgehead atoms. The molecule has 2 heterocycles. The van der Waals surface area contributed by atoms with E-state index in [1.165, 1.54) is 18.1 Å². The summed E-state index contributed by atoms with van der Waals surface area (Å²) in [5.74, 6) is 0.741. The third-order valence-electron chi connectivity index (χ3n) is 2.53. The van der Waals surface area contributed by atoms with E-state index in [2.05, 4.69) is 48.3 Å². The number of anilines is 1. The zero-order valence-corrected chi connectivity index (χ0v) is 13.6. The minimum absolute atomic E-state index is 0.218. The summed E-state index contributed by atoms with van der Waals surface area (Å²) in [6.45, 7) is 5.37. The fraction of sp³-hybridized carbons (Fsp3) is 0.455. The molecule has 0 atom stereocenters. The number of halogens is 1. The second-order valence-electron chi connectivity index (χ2n) is 3.93. The zero-order valence-electron chi connectivity index (χ0n) is 11.2. The van der Waals surface area contributed by atoms with Crippen molar-refractivity contribution in [2.75, 3.05) is 11.9 Å². The maximum absolute atomic E-state index is 11.5. The van der Waals surface area contributed by atoms with Crippen LogP contribution in [0.2, 0.25) is 0 Å². The molecule has 7 nitrogen and oxygen atoms in total. The number of hydrogen-bond donors (Lipinski definition) is 2. The fourth-order valence-corrected chi connectivity index (χ4v) is 3.00. The van der Waals surface area contributed by atoms with Crippen LogP contribution < -0.4 is 11.0 Å². The maximum atomic E-state index is 11.5. The van der Waals surface area contributed by atoms with Crippen molar-refractivity contribution in [2.45, 2.75) is 37.0 Å². The molecule has 9 heteroatoms. The molecule has 0 amide bonds. The van der Waals surface area contributed by atoms with Crippen molar-refractivity contribution in [3.05, 3.63) is 21.3 Å². The number of nitrogens with zero attached hydrogens (tertiary/aromatic N) is 4. The Morgan fingerprint density at radius 2 is 2.25 bits per heavy atom. The third kappa shape index (κ3) is 3.21. The topological polar surface area (TPSA) is 88.5 Å². The van der Waals surface area contributed by atoms with Gasteiger partial charge in [-0.15, -0.1) is 5.10 Å². The van der Waals surface area contributed by atoms with Crippen LogP contribution in [0.5, 0.6) is 0 Å². The van der Waals surface area contributed by atoms with E-state index in [1.807, 2.05) is 6.92 Å². The first-order valence-corrected chi connectivity index (χ1v) is 7.85. The van der Waals surface area contributed by atoms with Crippen LogP contribution in [0.1, 0.15) is 20.3 Å². The van der Waals surface area contributed by atoms with E-state index in [1.54, 1.807) is 4.57 Å². The summed E-state index contributed by atoms with van der Waals surface area (Å²) in [5, 5.41) is 11.0. The van der Waals surface area contributed by atoms with Crippen molar-refractivity contribution in [2.24, 2.45) is 0 Å². The summed E-state index contributed by atoms with van der Waals surface area (Å²) in [5.41, 5.74) is -0.218. The molecule has 2 aromatic rings. The molecule has 0 aliphatic heterocycles. The molecule has 0 aliphatic rings. The molecular weight excluding hydrogens is 344 g/mol. The molecule has 0 spiro atoms. The predicted octanol–water partition coefficient (Wildman–Crippen LogP) is 2.12. The van der Waals surface area contributed by atoms with Gasteiger partial charge in [-0.3, -0.25) is 4.57 Å². The molecule has 0 aromatic carbocycles. The van der Waals surface area contributed by atoms with Crippen LogP contribution in [0.4, 0.5) is 5.82 Å². The Kier molecular flexibility index (Phi) is 5.18. The van der Waals surface area contributed by atoms with Crippen LogP contribution in [0, 0.1) is 0 Å². The van der Waals surface area contributed by atoms with E-state index < -0.39 is 0 Å². The maximum Gasteiger partial charge on any atom is 0.343 e. The van der Waals surface area contributed by atoms with Gasteiger partial charge in [0.25, 0.3) is 0 Å². The number of H-pyrrole nitrogens is 1. The second kappa shape index (κ2) is 6.89. The van der Waals surface area contributed by atoms with E-state index in [0.29, 0.717) is 16.7 Å². The molecule has 2 rings (SSSR count). The fourth-order valence-electron chi connectivity index (χ4n) is 1.54. The molecule has 108 valence electrons. The van der Waals surface area contributed by atoms with Crippen molar-refractivity contribution in [3.63, 3.8) is 0 Å². The van der Waals surface area contributed by atoms with Gasteiger partial charge in [0.1, 0.15) is 17.2 Å². The third-order valence-corrected chi connectivity index (χ3v) is 4.54. The summed E-state index contributed by atoms with van der Waals surface area (Å²) < 4.78 is 2.33. The predicted molar refractivity (Wildman–Crippen MR) is 81.2 cm³/mol. The number of aromatic amines is 1. The molecule has 2 aromatic heterocycles. The molecule has 0 radical (unpaired) electrons. The standard InChI is InChI=1S/C11H15BrN6OS/c1-3-5-13-8-7(12)9(15-6-14-8)20-11-17-16-10(19)18(11)4-2/h6H,3-5H2,1-2H3,(H,16,19)(H,13,14,15). The Hall–Kier alpha value is -1.35. The van der Waals surface area contributed by atoms with Crippen molar-refractivity contribution in [1.29, 1.82) is 0 Å². The summed E-state index contributed by atoms with van der Waals surface area (Å²) in [6, 6.07) is 0. The van der Waals surface area contributed by atoms with E-state index in [9.17, 15) is 4.79 Å². The monoisotopic (exact) mass is 358 g/mol. The largest absolute Gasteiger partial charge is 0.369 e. The SMILES string of the molecule is CCCNc1ncnc(Sc2n[nH]c(=O)n2CC)c1Br. The van der Waals surface area contributed by atoms with Crippen LogP contribution in [0.3, 0.4) is 0 Å². The van der Waals surface area contributed by atoms with E-state index >= 15 is 0 Å². The first-order chi connectivity index (χ1) is 9.67. The van der Waals surface area contributed by atoms with E-state index in [-0.39, 0.29) is 5.69 Å². The highest BCUT2D eigenvalue weighted by molar-refractivity contribution is 9.10. The quantitative estimate of drug-likeness (QED) is 0.768. The van der Waals surface area contributed by atoms with Gasteiger partial charge in [-0.1, -0.05) is 6.92 Å². The minimum atomic E-state index is -0.218. The molecule has 0 fully saturated rings. The van der Waals surface area contributed by atoms with Crippen LogP contribution in [0.15, 0.2) is 25.8 Å². The summed E-state index contributed by atoms with van der Waals surface area (Å²) in [6.07, 6.45) is 2.50. The summed E-state index contributed by atoms with van der Waals surface area (Å²) in [4.78, 5) is 19.9. The number of rotatable bonds is 6. The number of aromatic nitrogens is 5. The highest BCUT2D eigenvalue weighted by Crippen LogP contribution is 2.33. The average molecular weight is 359 g/mol. The molecule has 0 unspecified atom stereocenters. The first kappa shape index (κ1) is 15.0. The van der Waals surface area contributed by atoms with Crippen LogP contribution in [-0.4, -0.2) is 31.3 Å². The molecular formula is C11H15BrN6OS. The number of hydrogen-bond acceptors (Lipinski definition) is 6. The van der Waals surface area contributed by atoms with Gasteiger partial charge in [0, 0.05) is 13.1 Å². The minimum Gasteiger partial charge on any atom is -0.369 e. The highest BCUT2D eigenvalue weighted by atomic mass is 79.9. The normalized spacial score (nSPS) is 10.8. The van der Waals surface area contributed by atoms with E-state index in [0.717, 1.165) is 23.3 Å². The lowest BCUT2D eigenvalue weighted by atomic mass is 10.4. The lowest BCUT2D eigenvalue weighted by Crippen LogP contribution is -2.16. The van der Waals surface area contributed by atoms with Gasteiger partial charge in [0.2, 0.25) is 0 Å². The number of nitrogens with one attached hydrogen (secondary N) is 2. The Morgan fingerprint density at radius 1 is 1.45 bits per heavy atom. The molecule has 2 N–H and O–H groups in total. The smallest absolute Gasteiger partial charge is 0.343 e. The average Bonchev–Trinajstić information content (AvgIpc) is 2.80. The van der Waals surface area contributed by atoms with Crippen LogP contribution >= 0.6 is 27.7 Å². The Bertz CT molecular complexity index is 640. The lowest BCUT2D eigenvalue weighted by molar-refractivity contribution is 0.660. The van der Waals surface area contributed by atoms with Gasteiger partial charge in [-0.2, -0.15) is 0 Å². The van der Waals surface area contributed by atoms with E-state index in [4.69, 9.17) is 0 Å². The first-order valence-electron chi connectivity index (χ1n) is 6.24. The van der Waals surface area contributed by atoms with Gasteiger partial charge < -0.3 is 5.32 Å². The molecule has 0 saturated heterocycles. The van der Waals surface area contributed by atoms with Gasteiger partial charge >= 0.3 is 5.69 Å². The van der Waals surface area contributed by atoms with Crippen molar-refractivity contribution >= 4 is 33.5 Å². The lowest BCUT2D eigenvalue weighted by Gasteiger charge is -2.08. The van der Waals surface area contributed by atoms with Gasteiger partial charge in [0.05, 0.1) is 4.47 Å². The van der Waals surface area contributed by atoms with Crippen molar-refractivity contribution in [3.8, 4) is 0 Å². The Balaban J connectivity index is 2.27. The Morgan fingerprint density at radius 3 is 2.95 bits per heavy atom. The van der Waals surface area contributed by atoms with Crippen LogP contribution in [0.25, 0.3) is 0 Å². The van der Waals surface area contributed by atoms with Gasteiger partial charge in [-0.25, -0.2) is 19.9 Å².